The summed E-state index contributed by atoms with van der Waals surface area (Å²) in [6.07, 6.45) is 0. The van der Waals surface area contributed by atoms with Gasteiger partial charge in [0, 0.05) is 21.3 Å². The first-order chi connectivity index (χ1) is 6.76. The molecule has 0 saturated heterocycles. The number of nitriles is 1. The van der Waals surface area contributed by atoms with Crippen LogP contribution in [0.15, 0.2) is 17.5 Å². The smallest absolute Gasteiger partial charge is 0.0999 e. The Morgan fingerprint density at radius 1 is 1.50 bits per heavy atom. The van der Waals surface area contributed by atoms with Gasteiger partial charge in [-0.25, -0.2) is 0 Å². The molecule has 0 aliphatic carbocycles. The Morgan fingerprint density at radius 3 is 2.93 bits per heavy atom. The molecule has 2 rings (SSSR count). The number of anilines is 1. The van der Waals surface area contributed by atoms with Crippen LogP contribution in [0.4, 0.5) is 5.69 Å². The van der Waals surface area contributed by atoms with E-state index in [0.717, 1.165) is 15.6 Å². The van der Waals surface area contributed by atoms with Crippen molar-refractivity contribution >= 4 is 38.7 Å². The molecule has 0 fully saturated rings. The summed E-state index contributed by atoms with van der Waals surface area (Å²) in [6, 6.07) is 5.91. The third kappa shape index (κ3) is 1.33. The lowest BCUT2D eigenvalue weighted by atomic mass is 10.1. The topological polar surface area (TPSA) is 49.8 Å². The average Bonchev–Trinajstić information content (AvgIpc) is 2.59. The molecule has 2 nitrogen and oxygen atoms in total. The van der Waals surface area contributed by atoms with E-state index in [-0.39, 0.29) is 0 Å². The van der Waals surface area contributed by atoms with Crippen LogP contribution in [-0.4, -0.2) is 0 Å². The molecule has 70 valence electrons. The molecule has 14 heavy (non-hydrogen) atoms. The van der Waals surface area contributed by atoms with Crippen molar-refractivity contribution in [1.29, 1.82) is 5.26 Å². The van der Waals surface area contributed by atoms with Crippen LogP contribution in [0.5, 0.6) is 0 Å². The van der Waals surface area contributed by atoms with Gasteiger partial charge >= 0.3 is 0 Å². The minimum atomic E-state index is 0.419. The van der Waals surface area contributed by atoms with Crippen LogP contribution in [0.1, 0.15) is 11.1 Å². The van der Waals surface area contributed by atoms with Gasteiger partial charge in [0.05, 0.1) is 17.3 Å². The van der Waals surface area contributed by atoms with Crippen LogP contribution in [0.25, 0.3) is 10.1 Å². The molecule has 2 aromatic rings. The Bertz CT molecular complexity index is 525. The number of hydrogen-bond donors (Lipinski definition) is 1. The molecule has 0 amide bonds. The first kappa shape index (κ1) is 9.32. The Kier molecular flexibility index (Phi) is 2.32. The number of halogens is 1. The summed E-state index contributed by atoms with van der Waals surface area (Å²) < 4.78 is 1.03. The third-order valence-corrected chi connectivity index (χ3v) is 3.29. The summed E-state index contributed by atoms with van der Waals surface area (Å²) >= 11 is 7.27. The summed E-state index contributed by atoms with van der Waals surface area (Å²) in [4.78, 5) is 0. The van der Waals surface area contributed by atoms with Crippen molar-refractivity contribution in [3.63, 3.8) is 0 Å². The molecule has 0 atom stereocenters. The molecular formula is C10H7ClN2S. The van der Waals surface area contributed by atoms with E-state index in [2.05, 4.69) is 6.07 Å². The van der Waals surface area contributed by atoms with Gasteiger partial charge in [-0.15, -0.1) is 22.9 Å². The Hall–Kier alpha value is -1.24. The number of benzene rings is 1. The van der Waals surface area contributed by atoms with Crippen molar-refractivity contribution in [2.75, 3.05) is 5.73 Å². The number of nitrogen functional groups attached to an aromatic ring is 1. The van der Waals surface area contributed by atoms with Gasteiger partial charge in [0.15, 0.2) is 0 Å². The lowest BCUT2D eigenvalue weighted by Crippen LogP contribution is -1.86. The van der Waals surface area contributed by atoms with Crippen molar-refractivity contribution in [1.82, 2.24) is 0 Å². The second kappa shape index (κ2) is 3.49. The van der Waals surface area contributed by atoms with Crippen molar-refractivity contribution in [2.45, 2.75) is 5.88 Å². The Labute approximate surface area is 90.5 Å². The second-order valence-corrected chi connectivity index (χ2v) is 4.13. The fourth-order valence-electron chi connectivity index (χ4n) is 1.41. The van der Waals surface area contributed by atoms with E-state index >= 15 is 0 Å². The molecule has 0 saturated carbocycles. The van der Waals surface area contributed by atoms with Gasteiger partial charge in [-0.1, -0.05) is 0 Å². The van der Waals surface area contributed by atoms with E-state index in [1.807, 2.05) is 11.4 Å². The van der Waals surface area contributed by atoms with Gasteiger partial charge in [-0.05, 0) is 17.7 Å². The van der Waals surface area contributed by atoms with Crippen LogP contribution in [-0.2, 0) is 5.88 Å². The SMILES string of the molecule is N#Cc1cc(CCl)cc2scc(N)c12. The fraction of sp³-hybridized carbons (Fsp3) is 0.100. The predicted octanol–water partition coefficient (Wildman–Crippen LogP) is 3.09. The highest BCUT2D eigenvalue weighted by atomic mass is 35.5. The maximum absolute atomic E-state index is 8.95. The summed E-state index contributed by atoms with van der Waals surface area (Å²) in [7, 11) is 0. The number of hydrogen-bond acceptors (Lipinski definition) is 3. The van der Waals surface area contributed by atoms with E-state index in [1.165, 1.54) is 11.3 Å². The van der Waals surface area contributed by atoms with Crippen LogP contribution in [0, 0.1) is 11.3 Å². The molecule has 1 aromatic heterocycles. The monoisotopic (exact) mass is 222 g/mol. The number of nitrogens with two attached hydrogens (primary N) is 1. The number of rotatable bonds is 1. The van der Waals surface area contributed by atoms with Crippen molar-refractivity contribution in [2.24, 2.45) is 0 Å². The molecule has 2 N–H and O–H groups in total. The zero-order valence-corrected chi connectivity index (χ0v) is 8.82. The summed E-state index contributed by atoms with van der Waals surface area (Å²) in [5.74, 6) is 0.419. The molecule has 0 unspecified atom stereocenters. The summed E-state index contributed by atoms with van der Waals surface area (Å²) in [5, 5.41) is 11.7. The van der Waals surface area contributed by atoms with Crippen molar-refractivity contribution in [3.8, 4) is 6.07 Å². The van der Waals surface area contributed by atoms with Crippen LogP contribution < -0.4 is 5.73 Å². The first-order valence-electron chi connectivity index (χ1n) is 4.02. The standard InChI is InChI=1S/C10H7ClN2S/c11-3-6-1-7(4-12)10-8(13)5-14-9(10)2-6/h1-2,5H,3,13H2. The molecule has 0 radical (unpaired) electrons. The highest BCUT2D eigenvalue weighted by Gasteiger charge is 2.08. The maximum atomic E-state index is 8.95. The molecule has 1 aromatic carbocycles. The predicted molar refractivity (Wildman–Crippen MR) is 60.5 cm³/mol. The van der Waals surface area contributed by atoms with Crippen LogP contribution in [0.3, 0.4) is 0 Å². The fourth-order valence-corrected chi connectivity index (χ4v) is 2.51. The third-order valence-electron chi connectivity index (χ3n) is 2.04. The van der Waals surface area contributed by atoms with Gasteiger partial charge in [0.25, 0.3) is 0 Å². The summed E-state index contributed by atoms with van der Waals surface area (Å²) in [6.45, 7) is 0. The zero-order valence-electron chi connectivity index (χ0n) is 7.25. The molecule has 0 aliphatic heterocycles. The minimum Gasteiger partial charge on any atom is -0.398 e. The lowest BCUT2D eigenvalue weighted by Gasteiger charge is -1.99. The number of fused-ring (bicyclic) bond motifs is 1. The molecule has 0 spiro atoms. The zero-order chi connectivity index (χ0) is 10.1. The quantitative estimate of drug-likeness (QED) is 0.754. The van der Waals surface area contributed by atoms with Crippen LogP contribution in [0.2, 0.25) is 0 Å². The number of thiophene rings is 1. The van der Waals surface area contributed by atoms with Crippen molar-refractivity contribution in [3.05, 3.63) is 28.6 Å². The summed E-state index contributed by atoms with van der Waals surface area (Å²) in [5.41, 5.74) is 8.00. The Morgan fingerprint density at radius 2 is 2.29 bits per heavy atom. The largest absolute Gasteiger partial charge is 0.398 e. The normalized spacial score (nSPS) is 10.3. The van der Waals surface area contributed by atoms with Gasteiger partial charge in [-0.3, -0.25) is 0 Å². The van der Waals surface area contributed by atoms with Gasteiger partial charge < -0.3 is 5.73 Å². The molecule has 1 heterocycles. The maximum Gasteiger partial charge on any atom is 0.0999 e. The lowest BCUT2D eigenvalue weighted by molar-refractivity contribution is 1.41. The Balaban J connectivity index is 2.84. The van der Waals surface area contributed by atoms with E-state index in [1.54, 1.807) is 6.07 Å². The highest BCUT2D eigenvalue weighted by molar-refractivity contribution is 7.17. The van der Waals surface area contributed by atoms with Gasteiger partial charge in [0.1, 0.15) is 0 Å². The van der Waals surface area contributed by atoms with Crippen molar-refractivity contribution < 1.29 is 0 Å². The van der Waals surface area contributed by atoms with Gasteiger partial charge in [0.2, 0.25) is 0 Å². The van der Waals surface area contributed by atoms with Crippen LogP contribution >= 0.6 is 22.9 Å². The molecule has 4 heteroatoms. The average molecular weight is 223 g/mol. The minimum absolute atomic E-state index is 0.419. The molecule has 0 aliphatic rings. The van der Waals surface area contributed by atoms with Gasteiger partial charge in [-0.2, -0.15) is 5.26 Å². The molecule has 0 bridgehead atoms. The first-order valence-corrected chi connectivity index (χ1v) is 5.43. The van der Waals surface area contributed by atoms with E-state index in [0.29, 0.717) is 17.1 Å². The highest BCUT2D eigenvalue weighted by Crippen LogP contribution is 2.32. The number of alkyl halides is 1. The van der Waals surface area contributed by atoms with E-state index in [9.17, 15) is 0 Å². The van der Waals surface area contributed by atoms with E-state index in [4.69, 9.17) is 22.6 Å². The van der Waals surface area contributed by atoms with E-state index < -0.39 is 0 Å². The number of nitrogens with zero attached hydrogens (tertiary/aromatic N) is 1. The molecular weight excluding hydrogens is 216 g/mol. The second-order valence-electron chi connectivity index (χ2n) is 2.95.